The highest BCUT2D eigenvalue weighted by Gasteiger charge is 2.29. The molecule has 24 heavy (non-hydrogen) atoms. The third-order valence-corrected chi connectivity index (χ3v) is 4.49. The Hall–Kier alpha value is -2.68. The van der Waals surface area contributed by atoms with E-state index in [1.165, 1.54) is 7.05 Å². The van der Waals surface area contributed by atoms with Crippen LogP contribution in [0.25, 0.3) is 10.8 Å². The maximum Gasteiger partial charge on any atom is 0.288 e. The van der Waals surface area contributed by atoms with Crippen molar-refractivity contribution in [2.45, 2.75) is 0 Å². The van der Waals surface area contributed by atoms with E-state index in [2.05, 4.69) is 10.4 Å². The van der Waals surface area contributed by atoms with Crippen LogP contribution in [0.4, 0.5) is 4.79 Å². The lowest BCUT2D eigenvalue weighted by atomic mass is 10.1. The summed E-state index contributed by atoms with van der Waals surface area (Å²) in [5.74, 6) is -0.585. The summed E-state index contributed by atoms with van der Waals surface area (Å²) in [5.41, 5.74) is -0.159. The summed E-state index contributed by atoms with van der Waals surface area (Å²) in [6.07, 6.45) is 0. The van der Waals surface area contributed by atoms with Crippen molar-refractivity contribution in [2.75, 3.05) is 18.8 Å². The zero-order chi connectivity index (χ0) is 17.3. The second-order valence-electron chi connectivity index (χ2n) is 5.18. The Balaban J connectivity index is 1.77. The standard InChI is InChI=1S/C15H14N4O4S/c1-18-14(22)10-5-3-2-4-9(10)12(17-18)13(21)16-6-7-19-11(20)8-24-15(19)23/h2-5H,6-8H2,1H3,(H,16,21). The molecule has 3 rings (SSSR count). The maximum absolute atomic E-state index is 12.4. The van der Waals surface area contributed by atoms with Gasteiger partial charge in [0.25, 0.3) is 16.7 Å². The number of nitrogens with zero attached hydrogens (tertiary/aromatic N) is 3. The number of aromatic nitrogens is 2. The minimum Gasteiger partial charge on any atom is -0.349 e. The van der Waals surface area contributed by atoms with E-state index >= 15 is 0 Å². The molecule has 1 N–H and O–H groups in total. The summed E-state index contributed by atoms with van der Waals surface area (Å²) in [6, 6.07) is 6.73. The fraction of sp³-hybridized carbons (Fsp3) is 0.267. The Labute approximate surface area is 140 Å². The lowest BCUT2D eigenvalue weighted by Gasteiger charge is -2.13. The molecule has 0 aliphatic carbocycles. The van der Waals surface area contributed by atoms with E-state index in [-0.39, 0.29) is 41.2 Å². The zero-order valence-corrected chi connectivity index (χ0v) is 13.6. The maximum atomic E-state index is 12.4. The normalized spacial score (nSPS) is 14.5. The number of hydrogen-bond donors (Lipinski definition) is 1. The second kappa shape index (κ2) is 6.44. The van der Waals surface area contributed by atoms with Crippen LogP contribution < -0.4 is 10.9 Å². The van der Waals surface area contributed by atoms with E-state index < -0.39 is 5.91 Å². The lowest BCUT2D eigenvalue weighted by molar-refractivity contribution is -0.124. The molecule has 0 radical (unpaired) electrons. The molecule has 2 aromatic rings. The van der Waals surface area contributed by atoms with Crippen LogP contribution in [-0.4, -0.2) is 50.6 Å². The number of nitrogens with one attached hydrogen (secondary N) is 1. The van der Waals surface area contributed by atoms with Crippen molar-refractivity contribution >= 4 is 39.6 Å². The first-order valence-electron chi connectivity index (χ1n) is 7.20. The number of carbonyl (C=O) groups is 3. The molecule has 0 spiro atoms. The number of aryl methyl sites for hydroxylation is 1. The van der Waals surface area contributed by atoms with Gasteiger partial charge >= 0.3 is 0 Å². The van der Waals surface area contributed by atoms with E-state index in [9.17, 15) is 19.2 Å². The molecule has 9 heteroatoms. The van der Waals surface area contributed by atoms with Crippen LogP contribution >= 0.6 is 11.8 Å². The third kappa shape index (κ3) is 2.90. The van der Waals surface area contributed by atoms with Crippen molar-refractivity contribution in [3.63, 3.8) is 0 Å². The molecule has 1 aliphatic rings. The van der Waals surface area contributed by atoms with Crippen molar-refractivity contribution in [2.24, 2.45) is 7.05 Å². The van der Waals surface area contributed by atoms with E-state index in [0.717, 1.165) is 21.3 Å². The molecule has 1 saturated heterocycles. The van der Waals surface area contributed by atoms with Gasteiger partial charge in [-0.3, -0.25) is 24.1 Å². The molecule has 1 fully saturated rings. The molecular weight excluding hydrogens is 332 g/mol. The van der Waals surface area contributed by atoms with Gasteiger partial charge in [0.15, 0.2) is 5.69 Å². The van der Waals surface area contributed by atoms with Crippen LogP contribution in [0.15, 0.2) is 29.1 Å². The summed E-state index contributed by atoms with van der Waals surface area (Å²) < 4.78 is 1.11. The number of imide groups is 1. The van der Waals surface area contributed by atoms with E-state index in [1.54, 1.807) is 24.3 Å². The van der Waals surface area contributed by atoms with E-state index in [0.29, 0.717) is 10.8 Å². The Morgan fingerprint density at radius 3 is 2.62 bits per heavy atom. The zero-order valence-electron chi connectivity index (χ0n) is 12.8. The topological polar surface area (TPSA) is 101 Å². The minimum absolute atomic E-state index is 0.111. The van der Waals surface area contributed by atoms with Gasteiger partial charge in [0.2, 0.25) is 5.91 Å². The van der Waals surface area contributed by atoms with Gasteiger partial charge in [0.05, 0.1) is 11.1 Å². The number of rotatable bonds is 4. The molecule has 1 aromatic heterocycles. The van der Waals surface area contributed by atoms with Crippen LogP contribution in [0.1, 0.15) is 10.5 Å². The van der Waals surface area contributed by atoms with E-state index in [4.69, 9.17) is 0 Å². The predicted octanol–water partition coefficient (Wildman–Crippen LogP) is 0.359. The van der Waals surface area contributed by atoms with Gasteiger partial charge in [-0.25, -0.2) is 4.68 Å². The van der Waals surface area contributed by atoms with Gasteiger partial charge in [0.1, 0.15) is 0 Å². The Morgan fingerprint density at radius 2 is 1.96 bits per heavy atom. The number of thioether (sulfide) groups is 1. The average molecular weight is 346 g/mol. The summed E-state index contributed by atoms with van der Waals surface area (Å²) in [4.78, 5) is 48.5. The van der Waals surface area contributed by atoms with Crippen molar-refractivity contribution < 1.29 is 14.4 Å². The quantitative estimate of drug-likeness (QED) is 0.858. The third-order valence-electron chi connectivity index (χ3n) is 3.63. The molecule has 2 heterocycles. The van der Waals surface area contributed by atoms with Crippen molar-refractivity contribution in [3.8, 4) is 0 Å². The highest BCUT2D eigenvalue weighted by atomic mass is 32.2. The van der Waals surface area contributed by atoms with Crippen LogP contribution in [0.3, 0.4) is 0 Å². The fourth-order valence-electron chi connectivity index (χ4n) is 2.43. The van der Waals surface area contributed by atoms with Gasteiger partial charge in [-0.05, 0) is 6.07 Å². The number of benzene rings is 1. The van der Waals surface area contributed by atoms with Crippen LogP contribution in [0.2, 0.25) is 0 Å². The predicted molar refractivity (Wildman–Crippen MR) is 88.9 cm³/mol. The molecule has 3 amide bonds. The van der Waals surface area contributed by atoms with Crippen LogP contribution in [-0.2, 0) is 11.8 Å². The average Bonchev–Trinajstić information content (AvgIpc) is 2.90. The molecule has 0 unspecified atom stereocenters. The van der Waals surface area contributed by atoms with Gasteiger partial charge in [-0.2, -0.15) is 5.10 Å². The number of carbonyl (C=O) groups excluding carboxylic acids is 3. The van der Waals surface area contributed by atoms with Gasteiger partial charge in [0, 0.05) is 25.5 Å². The number of amides is 3. The fourth-order valence-corrected chi connectivity index (χ4v) is 3.18. The van der Waals surface area contributed by atoms with Crippen molar-refractivity contribution in [1.82, 2.24) is 20.0 Å². The molecule has 124 valence electrons. The monoisotopic (exact) mass is 346 g/mol. The summed E-state index contributed by atoms with van der Waals surface area (Å²) in [5, 5.41) is 7.21. The van der Waals surface area contributed by atoms with Gasteiger partial charge < -0.3 is 5.32 Å². The van der Waals surface area contributed by atoms with E-state index in [1.807, 2.05) is 0 Å². The van der Waals surface area contributed by atoms with Gasteiger partial charge in [-0.15, -0.1) is 0 Å². The molecule has 0 bridgehead atoms. The first kappa shape index (κ1) is 16.2. The second-order valence-corrected chi connectivity index (χ2v) is 6.11. The molecule has 0 saturated carbocycles. The molecule has 1 aromatic carbocycles. The highest BCUT2D eigenvalue weighted by Crippen LogP contribution is 2.18. The number of hydrogen-bond acceptors (Lipinski definition) is 6. The summed E-state index contributed by atoms with van der Waals surface area (Å²) in [6.45, 7) is 0.232. The smallest absolute Gasteiger partial charge is 0.288 e. The Morgan fingerprint density at radius 1 is 1.25 bits per heavy atom. The number of fused-ring (bicyclic) bond motifs is 1. The molecular formula is C15H14N4O4S. The van der Waals surface area contributed by atoms with Crippen LogP contribution in [0.5, 0.6) is 0 Å². The Kier molecular flexibility index (Phi) is 4.34. The lowest BCUT2D eigenvalue weighted by Crippen LogP contribution is -2.38. The molecule has 8 nitrogen and oxygen atoms in total. The largest absolute Gasteiger partial charge is 0.349 e. The van der Waals surface area contributed by atoms with Crippen LogP contribution in [0, 0.1) is 0 Å². The Bertz CT molecular complexity index is 892. The highest BCUT2D eigenvalue weighted by molar-refractivity contribution is 8.14. The van der Waals surface area contributed by atoms with Crippen molar-refractivity contribution in [1.29, 1.82) is 0 Å². The first-order chi connectivity index (χ1) is 11.5. The van der Waals surface area contributed by atoms with Crippen molar-refractivity contribution in [3.05, 3.63) is 40.3 Å². The summed E-state index contributed by atoms with van der Waals surface area (Å²) >= 11 is 0.948. The molecule has 1 aliphatic heterocycles. The van der Waals surface area contributed by atoms with Gasteiger partial charge in [-0.1, -0.05) is 30.0 Å². The SMILES string of the molecule is Cn1nc(C(=O)NCCN2C(=O)CSC2=O)c2ccccc2c1=O. The molecule has 0 atom stereocenters. The summed E-state index contributed by atoms with van der Waals surface area (Å²) in [7, 11) is 1.48. The minimum atomic E-state index is -0.464. The first-order valence-corrected chi connectivity index (χ1v) is 8.19.